The van der Waals surface area contributed by atoms with Crippen molar-refractivity contribution in [3.05, 3.63) is 65.0 Å². The van der Waals surface area contributed by atoms with Crippen LogP contribution in [0.15, 0.2) is 42.6 Å². The van der Waals surface area contributed by atoms with Crippen LogP contribution in [0.25, 0.3) is 17.0 Å². The quantitative estimate of drug-likeness (QED) is 0.655. The molecule has 0 aliphatic carbocycles. The van der Waals surface area contributed by atoms with Gasteiger partial charge in [-0.2, -0.15) is 0 Å². The Morgan fingerprint density at radius 1 is 1.28 bits per heavy atom. The predicted octanol–water partition coefficient (Wildman–Crippen LogP) is 3.68. The molecule has 6 nitrogen and oxygen atoms in total. The molecule has 0 saturated heterocycles. The van der Waals surface area contributed by atoms with E-state index in [1.807, 2.05) is 18.2 Å². The van der Waals surface area contributed by atoms with E-state index in [-0.39, 0.29) is 11.8 Å². The Hall–Kier alpha value is -3.41. The van der Waals surface area contributed by atoms with Crippen LogP contribution in [0.5, 0.6) is 0 Å². The SMILES string of the molecule is CCc1c(CN(C)C(=O)C=Cc2cnc3c(c2)CCC(=O)N3)[nH]c2ccccc12. The van der Waals surface area contributed by atoms with Crippen molar-refractivity contribution < 1.29 is 9.59 Å². The summed E-state index contributed by atoms with van der Waals surface area (Å²) < 4.78 is 0. The summed E-state index contributed by atoms with van der Waals surface area (Å²) in [7, 11) is 1.80. The first kappa shape index (κ1) is 18.9. The van der Waals surface area contributed by atoms with E-state index < -0.39 is 0 Å². The minimum absolute atomic E-state index is 0.00600. The Bertz CT molecular complexity index is 1110. The molecule has 2 N–H and O–H groups in total. The summed E-state index contributed by atoms with van der Waals surface area (Å²) >= 11 is 0. The number of carbonyl (C=O) groups is 2. The van der Waals surface area contributed by atoms with Gasteiger partial charge in [0.05, 0.1) is 6.54 Å². The van der Waals surface area contributed by atoms with Crippen molar-refractivity contribution in [1.29, 1.82) is 0 Å². The van der Waals surface area contributed by atoms with Gasteiger partial charge in [-0.1, -0.05) is 25.1 Å². The lowest BCUT2D eigenvalue weighted by Crippen LogP contribution is -2.24. The summed E-state index contributed by atoms with van der Waals surface area (Å²) in [5, 5.41) is 3.98. The molecule has 1 aliphatic rings. The molecular weight excluding hydrogens is 364 g/mol. The summed E-state index contributed by atoms with van der Waals surface area (Å²) in [6, 6.07) is 10.2. The molecule has 0 spiro atoms. The van der Waals surface area contributed by atoms with Crippen molar-refractivity contribution in [2.45, 2.75) is 32.7 Å². The highest BCUT2D eigenvalue weighted by molar-refractivity contribution is 5.94. The average Bonchev–Trinajstić information content (AvgIpc) is 3.08. The smallest absolute Gasteiger partial charge is 0.246 e. The van der Waals surface area contributed by atoms with E-state index in [0.29, 0.717) is 25.2 Å². The largest absolute Gasteiger partial charge is 0.357 e. The fourth-order valence-electron chi connectivity index (χ4n) is 3.77. The van der Waals surface area contributed by atoms with Crippen LogP contribution >= 0.6 is 0 Å². The number of fused-ring (bicyclic) bond motifs is 2. The topological polar surface area (TPSA) is 78.1 Å². The standard InChI is InChI=1S/C23H24N4O2/c1-3-17-18-6-4-5-7-19(18)25-20(17)14-27(2)22(29)11-8-15-12-16-9-10-21(28)26-23(16)24-13-15/h4-8,11-13,25H,3,9-10,14H2,1-2H3,(H,24,26,28). The number of hydrogen-bond donors (Lipinski definition) is 2. The number of anilines is 1. The lowest BCUT2D eigenvalue weighted by atomic mass is 10.0. The fourth-order valence-corrected chi connectivity index (χ4v) is 3.77. The number of para-hydroxylation sites is 1. The second-order valence-corrected chi connectivity index (χ2v) is 7.33. The summed E-state index contributed by atoms with van der Waals surface area (Å²) in [6.45, 7) is 2.65. The minimum Gasteiger partial charge on any atom is -0.357 e. The highest BCUT2D eigenvalue weighted by Gasteiger charge is 2.16. The van der Waals surface area contributed by atoms with Gasteiger partial charge in [0.15, 0.2) is 0 Å². The van der Waals surface area contributed by atoms with E-state index in [4.69, 9.17) is 0 Å². The maximum Gasteiger partial charge on any atom is 0.246 e. The van der Waals surface area contributed by atoms with Gasteiger partial charge in [-0.05, 0) is 47.7 Å². The molecule has 6 heteroatoms. The van der Waals surface area contributed by atoms with Crippen molar-refractivity contribution in [3.8, 4) is 0 Å². The lowest BCUT2D eigenvalue weighted by molar-refractivity contribution is -0.125. The van der Waals surface area contributed by atoms with Gasteiger partial charge in [-0.15, -0.1) is 0 Å². The van der Waals surface area contributed by atoms with Crippen LogP contribution in [0.2, 0.25) is 0 Å². The highest BCUT2D eigenvalue weighted by atomic mass is 16.2. The van der Waals surface area contributed by atoms with Crippen LogP contribution in [0, 0.1) is 0 Å². The summed E-state index contributed by atoms with van der Waals surface area (Å²) in [6.07, 6.45) is 7.06. The van der Waals surface area contributed by atoms with E-state index >= 15 is 0 Å². The maximum atomic E-state index is 12.6. The van der Waals surface area contributed by atoms with Gasteiger partial charge in [0.1, 0.15) is 5.82 Å². The first-order chi connectivity index (χ1) is 14.0. The fraction of sp³-hybridized carbons (Fsp3) is 0.261. The van der Waals surface area contributed by atoms with Crippen molar-refractivity contribution >= 4 is 34.6 Å². The molecule has 3 heterocycles. The maximum absolute atomic E-state index is 12.6. The number of likely N-dealkylation sites (N-methyl/N-ethyl adjacent to an activating group) is 1. The van der Waals surface area contributed by atoms with Crippen molar-refractivity contribution in [2.24, 2.45) is 0 Å². The molecular formula is C23H24N4O2. The Morgan fingerprint density at radius 3 is 2.93 bits per heavy atom. The summed E-state index contributed by atoms with van der Waals surface area (Å²) in [5.74, 6) is 0.540. The third-order valence-electron chi connectivity index (χ3n) is 5.31. The highest BCUT2D eigenvalue weighted by Crippen LogP contribution is 2.24. The molecule has 0 unspecified atom stereocenters. The molecule has 0 fully saturated rings. The van der Waals surface area contributed by atoms with Gasteiger partial charge in [-0.3, -0.25) is 9.59 Å². The molecule has 148 valence electrons. The van der Waals surface area contributed by atoms with E-state index in [1.165, 1.54) is 10.9 Å². The number of nitrogens with zero attached hydrogens (tertiary/aromatic N) is 2. The van der Waals surface area contributed by atoms with Crippen LogP contribution in [0.1, 0.15) is 35.7 Å². The van der Waals surface area contributed by atoms with Crippen LogP contribution in [0.4, 0.5) is 5.82 Å². The van der Waals surface area contributed by atoms with Crippen LogP contribution in [-0.4, -0.2) is 33.7 Å². The average molecular weight is 388 g/mol. The molecule has 4 rings (SSSR count). The zero-order valence-electron chi connectivity index (χ0n) is 16.7. The number of amides is 2. The number of aromatic amines is 1. The van der Waals surface area contributed by atoms with Crippen molar-refractivity contribution in [3.63, 3.8) is 0 Å². The number of aromatic nitrogens is 2. The molecule has 0 atom stereocenters. The van der Waals surface area contributed by atoms with E-state index in [9.17, 15) is 9.59 Å². The van der Waals surface area contributed by atoms with E-state index in [1.54, 1.807) is 30.3 Å². The molecule has 0 saturated carbocycles. The van der Waals surface area contributed by atoms with Crippen LogP contribution < -0.4 is 5.32 Å². The molecule has 1 aromatic carbocycles. The van der Waals surface area contributed by atoms with Gasteiger partial charge in [0.25, 0.3) is 0 Å². The molecule has 0 bridgehead atoms. The number of carbonyl (C=O) groups excluding carboxylic acids is 2. The first-order valence-electron chi connectivity index (χ1n) is 9.85. The third kappa shape index (κ3) is 3.92. The van der Waals surface area contributed by atoms with Crippen LogP contribution in [0.3, 0.4) is 0 Å². The molecule has 1 aliphatic heterocycles. The van der Waals surface area contributed by atoms with Gasteiger partial charge in [-0.25, -0.2) is 4.98 Å². The second-order valence-electron chi connectivity index (χ2n) is 7.33. The second kappa shape index (κ2) is 7.91. The predicted molar refractivity (Wildman–Crippen MR) is 114 cm³/mol. The molecule has 0 radical (unpaired) electrons. The summed E-state index contributed by atoms with van der Waals surface area (Å²) in [4.78, 5) is 33.5. The Labute approximate surface area is 169 Å². The number of hydrogen-bond acceptors (Lipinski definition) is 3. The number of pyridine rings is 1. The van der Waals surface area contributed by atoms with Crippen LogP contribution in [-0.2, 0) is 29.0 Å². The number of nitrogens with one attached hydrogen (secondary N) is 2. The Morgan fingerprint density at radius 2 is 2.10 bits per heavy atom. The van der Waals surface area contributed by atoms with Gasteiger partial charge >= 0.3 is 0 Å². The van der Waals surface area contributed by atoms with Crippen molar-refractivity contribution in [1.82, 2.24) is 14.9 Å². The Kier molecular flexibility index (Phi) is 5.16. The third-order valence-corrected chi connectivity index (χ3v) is 5.31. The lowest BCUT2D eigenvalue weighted by Gasteiger charge is -2.16. The molecule has 3 aromatic rings. The van der Waals surface area contributed by atoms with Gasteiger partial charge < -0.3 is 15.2 Å². The van der Waals surface area contributed by atoms with E-state index in [2.05, 4.69) is 34.3 Å². The normalized spacial score (nSPS) is 13.5. The number of aryl methyl sites for hydroxylation is 2. The van der Waals surface area contributed by atoms with Gasteiger partial charge in [0, 0.05) is 42.3 Å². The number of H-pyrrole nitrogens is 1. The van der Waals surface area contributed by atoms with Gasteiger partial charge in [0.2, 0.25) is 11.8 Å². The number of rotatable bonds is 5. The Balaban J connectivity index is 1.47. The molecule has 29 heavy (non-hydrogen) atoms. The first-order valence-corrected chi connectivity index (χ1v) is 9.85. The molecule has 2 aromatic heterocycles. The monoisotopic (exact) mass is 388 g/mol. The molecule has 2 amide bonds. The number of benzene rings is 1. The zero-order chi connectivity index (χ0) is 20.4. The zero-order valence-corrected chi connectivity index (χ0v) is 16.7. The minimum atomic E-state index is -0.0725. The van der Waals surface area contributed by atoms with Crippen molar-refractivity contribution in [2.75, 3.05) is 12.4 Å². The summed E-state index contributed by atoms with van der Waals surface area (Å²) in [5.41, 5.74) is 5.27. The van der Waals surface area contributed by atoms with E-state index in [0.717, 1.165) is 28.8 Å².